The third-order valence-electron chi connectivity index (χ3n) is 5.84. The molecular weight excluding hydrogens is 350 g/mol. The van der Waals surface area contributed by atoms with Gasteiger partial charge in [-0.1, -0.05) is 20.8 Å². The van der Waals surface area contributed by atoms with Gasteiger partial charge in [0, 0.05) is 48.8 Å². The molecule has 2 aliphatic rings. The molecule has 4 rings (SSSR count). The summed E-state index contributed by atoms with van der Waals surface area (Å²) in [6.07, 6.45) is 6.30. The van der Waals surface area contributed by atoms with Crippen LogP contribution in [0.15, 0.2) is 23.3 Å². The van der Waals surface area contributed by atoms with Crippen LogP contribution in [0.25, 0.3) is 0 Å². The van der Waals surface area contributed by atoms with E-state index >= 15 is 0 Å². The van der Waals surface area contributed by atoms with Crippen LogP contribution in [-0.2, 0) is 12.0 Å². The predicted molar refractivity (Wildman–Crippen MR) is 111 cm³/mol. The van der Waals surface area contributed by atoms with E-state index in [4.69, 9.17) is 4.98 Å². The van der Waals surface area contributed by atoms with Crippen molar-refractivity contribution >= 4 is 5.82 Å². The van der Waals surface area contributed by atoms with Gasteiger partial charge in [-0.25, -0.2) is 15.0 Å². The fourth-order valence-electron chi connectivity index (χ4n) is 3.86. The average molecular weight is 382 g/mol. The number of nitrogens with zero attached hydrogens (tertiary/aromatic N) is 5. The van der Waals surface area contributed by atoms with Crippen LogP contribution >= 0.6 is 0 Å². The molecule has 0 spiro atoms. The van der Waals surface area contributed by atoms with Gasteiger partial charge in [0.15, 0.2) is 0 Å². The zero-order chi connectivity index (χ0) is 19.9. The van der Waals surface area contributed by atoms with Crippen molar-refractivity contribution in [2.24, 2.45) is 5.92 Å². The lowest BCUT2D eigenvalue weighted by molar-refractivity contribution is 0.349. The van der Waals surface area contributed by atoms with Gasteiger partial charge in [-0.05, 0) is 38.5 Å². The van der Waals surface area contributed by atoms with E-state index in [0.717, 1.165) is 55.5 Å². The van der Waals surface area contributed by atoms with Gasteiger partial charge < -0.3 is 4.90 Å². The van der Waals surface area contributed by atoms with Crippen molar-refractivity contribution in [1.82, 2.24) is 19.5 Å². The lowest BCUT2D eigenvalue weighted by Gasteiger charge is -2.33. The van der Waals surface area contributed by atoms with Crippen molar-refractivity contribution in [3.8, 4) is 0 Å². The highest BCUT2D eigenvalue weighted by Gasteiger charge is 2.28. The smallest absolute Gasteiger partial charge is 0.253 e. The molecule has 0 unspecified atom stereocenters. The molecule has 28 heavy (non-hydrogen) atoms. The molecule has 6 heteroatoms. The SMILES string of the molecule is Cc1cc(N2CCC(Cn3cnc(C(C)(C)C)cc3=O)CC2)nc(C2CC2)n1. The molecule has 2 aromatic rings. The Morgan fingerprint density at radius 1 is 1.07 bits per heavy atom. The Kier molecular flexibility index (Phi) is 4.98. The monoisotopic (exact) mass is 381 g/mol. The van der Waals surface area contributed by atoms with Crippen LogP contribution in [0, 0.1) is 12.8 Å². The average Bonchev–Trinajstić information content (AvgIpc) is 3.48. The highest BCUT2D eigenvalue weighted by atomic mass is 16.1. The molecule has 2 aromatic heterocycles. The van der Waals surface area contributed by atoms with Gasteiger partial charge in [0.05, 0.1) is 12.0 Å². The second kappa shape index (κ2) is 7.30. The van der Waals surface area contributed by atoms with Crippen LogP contribution in [-0.4, -0.2) is 32.6 Å². The summed E-state index contributed by atoms with van der Waals surface area (Å²) < 4.78 is 1.77. The molecule has 1 saturated heterocycles. The lowest BCUT2D eigenvalue weighted by atomic mass is 9.92. The first-order valence-electron chi connectivity index (χ1n) is 10.5. The zero-order valence-electron chi connectivity index (χ0n) is 17.5. The summed E-state index contributed by atoms with van der Waals surface area (Å²) in [5.41, 5.74) is 1.88. The van der Waals surface area contributed by atoms with Crippen molar-refractivity contribution < 1.29 is 0 Å². The van der Waals surface area contributed by atoms with Crippen molar-refractivity contribution in [1.29, 1.82) is 0 Å². The third-order valence-corrected chi connectivity index (χ3v) is 5.84. The Morgan fingerprint density at radius 3 is 2.39 bits per heavy atom. The molecule has 0 radical (unpaired) electrons. The highest BCUT2D eigenvalue weighted by molar-refractivity contribution is 5.41. The molecule has 0 N–H and O–H groups in total. The van der Waals surface area contributed by atoms with Crippen LogP contribution in [0.4, 0.5) is 5.82 Å². The zero-order valence-corrected chi connectivity index (χ0v) is 17.5. The molecule has 2 fully saturated rings. The van der Waals surface area contributed by atoms with Crippen LogP contribution in [0.3, 0.4) is 0 Å². The fraction of sp³-hybridized carbons (Fsp3) is 0.636. The summed E-state index contributed by atoms with van der Waals surface area (Å²) in [6.45, 7) is 11.0. The summed E-state index contributed by atoms with van der Waals surface area (Å²) in [5.74, 6) is 3.17. The van der Waals surface area contributed by atoms with Gasteiger partial charge >= 0.3 is 0 Å². The standard InChI is InChI=1S/C22H31N5O/c1-15-11-19(25-21(24-15)17-5-6-17)26-9-7-16(8-10-26)13-27-14-23-18(12-20(27)28)22(2,3)4/h11-12,14,16-17H,5-10,13H2,1-4H3. The van der Waals surface area contributed by atoms with E-state index in [1.54, 1.807) is 17.0 Å². The fourth-order valence-corrected chi connectivity index (χ4v) is 3.86. The molecule has 150 valence electrons. The minimum atomic E-state index is -0.0986. The number of hydrogen-bond acceptors (Lipinski definition) is 5. The van der Waals surface area contributed by atoms with Crippen molar-refractivity contribution in [3.63, 3.8) is 0 Å². The van der Waals surface area contributed by atoms with E-state index in [-0.39, 0.29) is 11.0 Å². The Balaban J connectivity index is 1.39. The normalized spacial score (nSPS) is 18.5. The maximum Gasteiger partial charge on any atom is 0.253 e. The van der Waals surface area contributed by atoms with E-state index in [1.165, 1.54) is 12.8 Å². The first-order chi connectivity index (χ1) is 13.3. The van der Waals surface area contributed by atoms with Crippen LogP contribution in [0.5, 0.6) is 0 Å². The number of piperidine rings is 1. The molecule has 3 heterocycles. The van der Waals surface area contributed by atoms with Crippen LogP contribution < -0.4 is 10.5 Å². The van der Waals surface area contributed by atoms with Gasteiger partial charge in [0.1, 0.15) is 11.6 Å². The van der Waals surface area contributed by atoms with E-state index < -0.39 is 0 Å². The number of aromatic nitrogens is 4. The summed E-state index contributed by atoms with van der Waals surface area (Å²) in [4.78, 5) is 28.8. The Labute approximate surface area is 167 Å². The summed E-state index contributed by atoms with van der Waals surface area (Å²) in [5, 5.41) is 0. The Morgan fingerprint density at radius 2 is 1.79 bits per heavy atom. The first-order valence-corrected chi connectivity index (χ1v) is 10.5. The topological polar surface area (TPSA) is 63.9 Å². The van der Waals surface area contributed by atoms with E-state index in [0.29, 0.717) is 11.8 Å². The summed E-state index contributed by atoms with van der Waals surface area (Å²) in [6, 6.07) is 3.80. The van der Waals surface area contributed by atoms with Gasteiger partial charge in [-0.2, -0.15) is 0 Å². The summed E-state index contributed by atoms with van der Waals surface area (Å²) in [7, 11) is 0. The van der Waals surface area contributed by atoms with Gasteiger partial charge in [0.25, 0.3) is 5.56 Å². The van der Waals surface area contributed by atoms with Gasteiger partial charge in [-0.3, -0.25) is 9.36 Å². The summed E-state index contributed by atoms with van der Waals surface area (Å²) >= 11 is 0. The first kappa shape index (κ1) is 19.1. The molecule has 0 aromatic carbocycles. The molecule has 1 aliphatic carbocycles. The third kappa shape index (κ3) is 4.26. The molecule has 0 bridgehead atoms. The van der Waals surface area contributed by atoms with Crippen molar-refractivity contribution in [3.05, 3.63) is 46.0 Å². The maximum absolute atomic E-state index is 12.5. The Hall–Kier alpha value is -2.24. The van der Waals surface area contributed by atoms with Crippen LogP contribution in [0.1, 0.15) is 69.6 Å². The van der Waals surface area contributed by atoms with Crippen molar-refractivity contribution in [2.45, 2.75) is 71.3 Å². The molecule has 0 amide bonds. The quantitative estimate of drug-likeness (QED) is 0.812. The molecule has 6 nitrogen and oxygen atoms in total. The van der Waals surface area contributed by atoms with E-state index in [1.807, 2.05) is 0 Å². The molecule has 1 saturated carbocycles. The second-order valence-corrected chi connectivity index (χ2v) is 9.45. The van der Waals surface area contributed by atoms with Gasteiger partial charge in [-0.15, -0.1) is 0 Å². The predicted octanol–water partition coefficient (Wildman–Crippen LogP) is 3.43. The molecular formula is C22H31N5O. The minimum absolute atomic E-state index is 0.0582. The highest BCUT2D eigenvalue weighted by Crippen LogP contribution is 2.38. The Bertz CT molecular complexity index is 902. The molecule has 0 atom stereocenters. The van der Waals surface area contributed by atoms with E-state index in [2.05, 4.69) is 48.6 Å². The number of rotatable bonds is 4. The van der Waals surface area contributed by atoms with Crippen LogP contribution in [0.2, 0.25) is 0 Å². The second-order valence-electron chi connectivity index (χ2n) is 9.45. The molecule has 1 aliphatic heterocycles. The maximum atomic E-state index is 12.5. The minimum Gasteiger partial charge on any atom is -0.356 e. The number of hydrogen-bond donors (Lipinski definition) is 0. The number of anilines is 1. The number of aryl methyl sites for hydroxylation is 1. The van der Waals surface area contributed by atoms with Gasteiger partial charge in [0.2, 0.25) is 0 Å². The van der Waals surface area contributed by atoms with Crippen molar-refractivity contribution in [2.75, 3.05) is 18.0 Å². The largest absolute Gasteiger partial charge is 0.356 e. The van der Waals surface area contributed by atoms with E-state index in [9.17, 15) is 4.79 Å². The lowest BCUT2D eigenvalue weighted by Crippen LogP contribution is -2.37.